The minimum atomic E-state index is -4.46. The average molecular weight is 328 g/mol. The molecule has 2 N–H and O–H groups in total. The smallest absolute Gasteiger partial charge is 0.394 e. The maximum Gasteiger partial charge on any atom is 0.418 e. The van der Waals surface area contributed by atoms with Gasteiger partial charge in [0.1, 0.15) is 0 Å². The van der Waals surface area contributed by atoms with E-state index in [9.17, 15) is 13.2 Å². The predicted octanol–water partition coefficient (Wildman–Crippen LogP) is 2.89. The van der Waals surface area contributed by atoms with Crippen LogP contribution < -0.4 is 5.32 Å². The lowest BCUT2D eigenvalue weighted by atomic mass is 10.1. The molecule has 1 aromatic rings. The van der Waals surface area contributed by atoms with Crippen LogP contribution >= 0.6 is 15.9 Å². The van der Waals surface area contributed by atoms with E-state index in [4.69, 9.17) is 9.84 Å². The molecule has 0 aliphatic rings. The number of anilines is 1. The summed E-state index contributed by atoms with van der Waals surface area (Å²) in [5.41, 5.74) is -0.867. The third-order valence-electron chi connectivity index (χ3n) is 2.23. The van der Waals surface area contributed by atoms with Gasteiger partial charge >= 0.3 is 6.18 Å². The van der Waals surface area contributed by atoms with Crippen molar-refractivity contribution in [1.82, 2.24) is 0 Å². The first-order chi connectivity index (χ1) is 8.38. The molecule has 0 aliphatic carbocycles. The first-order valence-electron chi connectivity index (χ1n) is 5.11. The number of rotatable bonds is 5. The average Bonchev–Trinajstić information content (AvgIpc) is 2.29. The van der Waals surface area contributed by atoms with Gasteiger partial charge < -0.3 is 15.2 Å². The molecular formula is C11H13BrF3NO2. The van der Waals surface area contributed by atoms with Crippen LogP contribution in [-0.2, 0) is 10.9 Å². The highest BCUT2D eigenvalue weighted by Crippen LogP contribution is 2.36. The van der Waals surface area contributed by atoms with Crippen LogP contribution in [-0.4, -0.2) is 31.5 Å². The summed E-state index contributed by atoms with van der Waals surface area (Å²) in [6.45, 7) is -0.203. The maximum absolute atomic E-state index is 12.8. The topological polar surface area (TPSA) is 41.5 Å². The number of benzene rings is 1. The lowest BCUT2D eigenvalue weighted by molar-refractivity contribution is -0.137. The first-order valence-corrected chi connectivity index (χ1v) is 5.91. The van der Waals surface area contributed by atoms with E-state index in [0.717, 1.165) is 6.07 Å². The lowest BCUT2D eigenvalue weighted by Crippen LogP contribution is -2.29. The number of aliphatic hydroxyl groups excluding tert-OH is 1. The predicted molar refractivity (Wildman–Crippen MR) is 65.5 cm³/mol. The summed E-state index contributed by atoms with van der Waals surface area (Å²) < 4.78 is 43.6. The molecule has 0 amide bonds. The monoisotopic (exact) mass is 327 g/mol. The Morgan fingerprint density at radius 3 is 2.61 bits per heavy atom. The molecule has 0 bridgehead atoms. The Morgan fingerprint density at radius 2 is 2.11 bits per heavy atom. The highest BCUT2D eigenvalue weighted by Gasteiger charge is 2.34. The van der Waals surface area contributed by atoms with Gasteiger partial charge in [-0.15, -0.1) is 0 Å². The number of ether oxygens (including phenoxy) is 1. The zero-order valence-corrected chi connectivity index (χ0v) is 11.2. The molecule has 1 unspecified atom stereocenters. The van der Waals surface area contributed by atoms with E-state index >= 15 is 0 Å². The Bertz CT molecular complexity index is 398. The molecule has 0 aliphatic heterocycles. The highest BCUT2D eigenvalue weighted by atomic mass is 79.9. The molecule has 0 radical (unpaired) electrons. The van der Waals surface area contributed by atoms with Gasteiger partial charge in [-0.05, 0) is 18.2 Å². The summed E-state index contributed by atoms with van der Waals surface area (Å²) in [5, 5.41) is 11.6. The largest absolute Gasteiger partial charge is 0.418 e. The van der Waals surface area contributed by atoms with Crippen molar-refractivity contribution in [2.45, 2.75) is 12.2 Å². The van der Waals surface area contributed by atoms with E-state index in [1.807, 2.05) is 0 Å². The van der Waals surface area contributed by atoms with Crippen molar-refractivity contribution in [3.63, 3.8) is 0 Å². The van der Waals surface area contributed by atoms with Gasteiger partial charge in [0.15, 0.2) is 0 Å². The number of halogens is 4. The Balaban J connectivity index is 3.01. The van der Waals surface area contributed by atoms with Crippen molar-refractivity contribution < 1.29 is 23.0 Å². The molecule has 7 heteroatoms. The normalized spacial score (nSPS) is 13.4. The Hall–Kier alpha value is -0.790. The maximum atomic E-state index is 12.8. The Labute approximate surface area is 111 Å². The van der Waals surface area contributed by atoms with Crippen LogP contribution in [0.15, 0.2) is 22.7 Å². The number of alkyl halides is 3. The van der Waals surface area contributed by atoms with E-state index in [0.29, 0.717) is 4.47 Å². The van der Waals surface area contributed by atoms with Gasteiger partial charge in [0.05, 0.1) is 24.8 Å². The van der Waals surface area contributed by atoms with Crippen LogP contribution in [0, 0.1) is 0 Å². The van der Waals surface area contributed by atoms with E-state index < -0.39 is 17.8 Å². The summed E-state index contributed by atoms with van der Waals surface area (Å²) in [4.78, 5) is 0. The van der Waals surface area contributed by atoms with Gasteiger partial charge in [-0.2, -0.15) is 13.2 Å². The summed E-state index contributed by atoms with van der Waals surface area (Å²) in [5.74, 6) is 0. The molecule has 0 spiro atoms. The van der Waals surface area contributed by atoms with Gasteiger partial charge in [-0.3, -0.25) is 0 Å². The Morgan fingerprint density at radius 1 is 1.44 bits per heavy atom. The zero-order chi connectivity index (χ0) is 13.8. The van der Waals surface area contributed by atoms with E-state index in [-0.39, 0.29) is 18.9 Å². The van der Waals surface area contributed by atoms with Gasteiger partial charge in [0.2, 0.25) is 0 Å². The van der Waals surface area contributed by atoms with E-state index in [2.05, 4.69) is 21.2 Å². The number of aliphatic hydroxyl groups is 1. The standard InChI is InChI=1S/C11H13BrF3NO2/c1-18-6-8(5-17)16-10-3-2-7(12)4-9(10)11(13,14)15/h2-4,8,16-17H,5-6H2,1H3. The third-order valence-corrected chi connectivity index (χ3v) is 2.73. The lowest BCUT2D eigenvalue weighted by Gasteiger charge is -2.20. The molecule has 0 fully saturated rings. The minimum Gasteiger partial charge on any atom is -0.394 e. The van der Waals surface area contributed by atoms with Crippen molar-refractivity contribution in [2.75, 3.05) is 25.6 Å². The fraction of sp³-hybridized carbons (Fsp3) is 0.455. The summed E-state index contributed by atoms with van der Waals surface area (Å²) in [7, 11) is 1.41. The highest BCUT2D eigenvalue weighted by molar-refractivity contribution is 9.10. The van der Waals surface area contributed by atoms with Crippen LogP contribution in [0.25, 0.3) is 0 Å². The fourth-order valence-electron chi connectivity index (χ4n) is 1.44. The van der Waals surface area contributed by atoms with Gasteiger partial charge in [0.25, 0.3) is 0 Å². The first kappa shape index (κ1) is 15.3. The fourth-order valence-corrected chi connectivity index (χ4v) is 1.80. The molecule has 3 nitrogen and oxygen atoms in total. The molecule has 0 aromatic heterocycles. The number of hydrogen-bond acceptors (Lipinski definition) is 3. The van der Waals surface area contributed by atoms with Gasteiger partial charge in [-0.1, -0.05) is 15.9 Å². The number of nitrogens with one attached hydrogen (secondary N) is 1. The molecule has 102 valence electrons. The van der Waals surface area contributed by atoms with Crippen LogP contribution in [0.2, 0.25) is 0 Å². The van der Waals surface area contributed by atoms with Crippen LogP contribution in [0.4, 0.5) is 18.9 Å². The minimum absolute atomic E-state index is 0.0817. The second-order valence-corrected chi connectivity index (χ2v) is 4.58. The summed E-state index contributed by atoms with van der Waals surface area (Å²) in [6, 6.07) is 3.21. The van der Waals surface area contributed by atoms with Crippen molar-refractivity contribution in [3.05, 3.63) is 28.2 Å². The SMILES string of the molecule is COCC(CO)Nc1ccc(Br)cc1C(F)(F)F. The van der Waals surface area contributed by atoms with Crippen molar-refractivity contribution in [1.29, 1.82) is 0 Å². The van der Waals surface area contributed by atoms with Crippen molar-refractivity contribution >= 4 is 21.6 Å². The second kappa shape index (κ2) is 6.40. The van der Waals surface area contributed by atoms with Gasteiger partial charge in [0, 0.05) is 17.3 Å². The zero-order valence-electron chi connectivity index (χ0n) is 9.59. The molecule has 0 saturated heterocycles. The molecule has 1 aromatic carbocycles. The van der Waals surface area contributed by atoms with Crippen LogP contribution in [0.5, 0.6) is 0 Å². The molecular weight excluding hydrogens is 315 g/mol. The van der Waals surface area contributed by atoms with Gasteiger partial charge in [-0.25, -0.2) is 0 Å². The van der Waals surface area contributed by atoms with E-state index in [1.54, 1.807) is 0 Å². The van der Waals surface area contributed by atoms with Crippen LogP contribution in [0.1, 0.15) is 5.56 Å². The van der Waals surface area contributed by atoms with Crippen LogP contribution in [0.3, 0.4) is 0 Å². The number of methoxy groups -OCH3 is 1. The summed E-state index contributed by atoms with van der Waals surface area (Å²) >= 11 is 3.00. The third kappa shape index (κ3) is 4.15. The molecule has 1 rings (SSSR count). The van der Waals surface area contributed by atoms with Crippen molar-refractivity contribution in [2.24, 2.45) is 0 Å². The summed E-state index contributed by atoms with van der Waals surface area (Å²) in [6.07, 6.45) is -4.46. The Kier molecular flexibility index (Phi) is 5.43. The quantitative estimate of drug-likeness (QED) is 0.873. The molecule has 1 atom stereocenters. The molecule has 18 heavy (non-hydrogen) atoms. The van der Waals surface area contributed by atoms with E-state index in [1.165, 1.54) is 19.2 Å². The second-order valence-electron chi connectivity index (χ2n) is 3.67. The molecule has 0 heterocycles. The van der Waals surface area contributed by atoms with Crippen molar-refractivity contribution in [3.8, 4) is 0 Å². The molecule has 0 saturated carbocycles. The number of hydrogen-bond donors (Lipinski definition) is 2.